The fourth-order valence-electron chi connectivity index (χ4n) is 4.44. The molecule has 1 aromatic carbocycles. The van der Waals surface area contributed by atoms with Gasteiger partial charge in [0.05, 0.1) is 17.5 Å². The first-order valence-electron chi connectivity index (χ1n) is 10.3. The van der Waals surface area contributed by atoms with Gasteiger partial charge in [0.15, 0.2) is 11.4 Å². The van der Waals surface area contributed by atoms with Crippen LogP contribution in [0, 0.1) is 11.3 Å². The zero-order chi connectivity index (χ0) is 20.2. The molecule has 1 aliphatic heterocycles. The summed E-state index contributed by atoms with van der Waals surface area (Å²) in [5.74, 6) is 0.793. The first kappa shape index (κ1) is 18.1. The number of aromatic nitrogens is 3. The van der Waals surface area contributed by atoms with Gasteiger partial charge in [-0.05, 0) is 30.9 Å². The van der Waals surface area contributed by atoms with Crippen LogP contribution in [0.25, 0.3) is 22.4 Å². The van der Waals surface area contributed by atoms with Gasteiger partial charge in [-0.25, -0.2) is 9.97 Å². The molecule has 1 aliphatic carbocycles. The second kappa shape index (κ2) is 6.55. The van der Waals surface area contributed by atoms with E-state index in [0.717, 1.165) is 30.3 Å². The van der Waals surface area contributed by atoms with Crippen LogP contribution in [0.1, 0.15) is 44.0 Å². The van der Waals surface area contributed by atoms with Gasteiger partial charge in [-0.15, -0.1) is 0 Å². The van der Waals surface area contributed by atoms with Crippen molar-refractivity contribution in [2.45, 2.75) is 33.6 Å². The topological polar surface area (TPSA) is 61.9 Å². The van der Waals surface area contributed by atoms with E-state index in [-0.39, 0.29) is 5.78 Å². The number of H-pyrrole nitrogens is 1. The van der Waals surface area contributed by atoms with Crippen molar-refractivity contribution in [1.29, 1.82) is 0 Å². The number of nitrogens with one attached hydrogen (secondary N) is 1. The Morgan fingerprint density at radius 1 is 1.28 bits per heavy atom. The maximum Gasteiger partial charge on any atom is 0.171 e. The first-order chi connectivity index (χ1) is 13.9. The van der Waals surface area contributed by atoms with Crippen LogP contribution in [0.15, 0.2) is 48.3 Å². The predicted molar refractivity (Wildman–Crippen MR) is 116 cm³/mol. The number of carbonyl (C=O) groups is 1. The maximum atomic E-state index is 12.8. The Labute approximate surface area is 170 Å². The van der Waals surface area contributed by atoms with Gasteiger partial charge in [0, 0.05) is 36.0 Å². The average Bonchev–Trinajstić information content (AvgIpc) is 3.40. The minimum atomic E-state index is -0.463. The van der Waals surface area contributed by atoms with Crippen molar-refractivity contribution in [2.75, 3.05) is 18.0 Å². The number of hydrogen-bond acceptors (Lipinski definition) is 4. The summed E-state index contributed by atoms with van der Waals surface area (Å²) in [6.45, 7) is 7.91. The number of allylic oxidation sites excluding steroid dienone is 1. The Morgan fingerprint density at radius 3 is 2.93 bits per heavy atom. The Morgan fingerprint density at radius 2 is 2.14 bits per heavy atom. The molecule has 2 aliphatic rings. The van der Waals surface area contributed by atoms with Gasteiger partial charge in [-0.2, -0.15) is 0 Å². The number of hydrogen-bond donors (Lipinski definition) is 1. The van der Waals surface area contributed by atoms with E-state index in [1.54, 1.807) is 18.0 Å². The van der Waals surface area contributed by atoms with Gasteiger partial charge in [-0.3, -0.25) is 4.79 Å². The Bertz CT molecular complexity index is 1140. The van der Waals surface area contributed by atoms with E-state index in [9.17, 15) is 4.79 Å². The molecule has 1 unspecified atom stereocenters. The lowest BCUT2D eigenvalue weighted by Gasteiger charge is -2.19. The molecule has 1 N–H and O–H groups in total. The number of anilines is 1. The molecule has 2 aromatic heterocycles. The van der Waals surface area contributed by atoms with Gasteiger partial charge in [0.2, 0.25) is 0 Å². The summed E-state index contributed by atoms with van der Waals surface area (Å²) in [5, 5.41) is 0. The minimum absolute atomic E-state index is 0.0702. The lowest BCUT2D eigenvalue weighted by molar-refractivity contribution is 0.0860. The molecule has 148 valence electrons. The molecule has 1 fully saturated rings. The second-order valence-electron chi connectivity index (χ2n) is 9.22. The summed E-state index contributed by atoms with van der Waals surface area (Å²) in [6, 6.07) is 8.50. The molecule has 29 heavy (non-hydrogen) atoms. The van der Waals surface area contributed by atoms with Crippen LogP contribution in [0.3, 0.4) is 0 Å². The lowest BCUT2D eigenvalue weighted by atomic mass is 9.87. The van der Waals surface area contributed by atoms with Crippen LogP contribution < -0.4 is 4.90 Å². The third-order valence-electron chi connectivity index (χ3n) is 6.07. The molecule has 5 rings (SSSR count). The van der Waals surface area contributed by atoms with E-state index in [2.05, 4.69) is 45.2 Å². The van der Waals surface area contributed by atoms with Crippen molar-refractivity contribution in [2.24, 2.45) is 11.3 Å². The lowest BCUT2D eigenvalue weighted by Crippen LogP contribution is -2.20. The minimum Gasteiger partial charge on any atom is -0.367 e. The zero-order valence-corrected chi connectivity index (χ0v) is 17.2. The highest BCUT2D eigenvalue weighted by atomic mass is 16.1. The summed E-state index contributed by atoms with van der Waals surface area (Å²) in [4.78, 5) is 27.7. The number of ketones is 1. The SMILES string of the molecule is CC(C)(C)C(=O)c1c[nH]c2ncc(-c3cccc(N4CC5=CCCC5C4)c3)nc12. The number of benzene rings is 1. The predicted octanol–water partition coefficient (Wildman–Crippen LogP) is 5.01. The van der Waals surface area contributed by atoms with Gasteiger partial charge in [0.1, 0.15) is 5.52 Å². The van der Waals surface area contributed by atoms with Gasteiger partial charge in [0.25, 0.3) is 0 Å². The highest BCUT2D eigenvalue weighted by Gasteiger charge is 2.30. The van der Waals surface area contributed by atoms with E-state index < -0.39 is 5.41 Å². The van der Waals surface area contributed by atoms with Crippen molar-refractivity contribution < 1.29 is 4.79 Å². The summed E-state index contributed by atoms with van der Waals surface area (Å²) >= 11 is 0. The van der Waals surface area contributed by atoms with E-state index >= 15 is 0 Å². The summed E-state index contributed by atoms with van der Waals surface area (Å²) < 4.78 is 0. The zero-order valence-electron chi connectivity index (χ0n) is 17.2. The molecule has 3 aromatic rings. The highest BCUT2D eigenvalue weighted by molar-refractivity contribution is 6.08. The molecular weight excluding hydrogens is 360 g/mol. The molecule has 1 atom stereocenters. The van der Waals surface area contributed by atoms with E-state index in [4.69, 9.17) is 4.98 Å². The Balaban J connectivity index is 1.50. The largest absolute Gasteiger partial charge is 0.367 e. The third-order valence-corrected chi connectivity index (χ3v) is 6.07. The molecule has 0 spiro atoms. The van der Waals surface area contributed by atoms with Crippen molar-refractivity contribution in [1.82, 2.24) is 15.0 Å². The van der Waals surface area contributed by atoms with Crippen LogP contribution in [0.5, 0.6) is 0 Å². The monoisotopic (exact) mass is 386 g/mol. The number of carbonyl (C=O) groups excluding carboxylic acids is 1. The normalized spacial score (nSPS) is 18.9. The second-order valence-corrected chi connectivity index (χ2v) is 9.22. The Kier molecular flexibility index (Phi) is 4.09. The van der Waals surface area contributed by atoms with Crippen LogP contribution >= 0.6 is 0 Å². The van der Waals surface area contributed by atoms with Crippen molar-refractivity contribution in [3.8, 4) is 11.3 Å². The van der Waals surface area contributed by atoms with Crippen LogP contribution in [-0.2, 0) is 0 Å². The number of Topliss-reactive ketones (excluding diaryl/α,β-unsaturated/α-hetero) is 1. The highest BCUT2D eigenvalue weighted by Crippen LogP contribution is 2.36. The van der Waals surface area contributed by atoms with E-state index in [1.807, 2.05) is 20.8 Å². The average molecular weight is 386 g/mol. The van der Waals surface area contributed by atoms with Crippen LogP contribution in [-0.4, -0.2) is 33.8 Å². The molecule has 0 bridgehead atoms. The Hall–Kier alpha value is -2.95. The van der Waals surface area contributed by atoms with E-state index in [1.165, 1.54) is 18.5 Å². The third kappa shape index (κ3) is 3.15. The van der Waals surface area contributed by atoms with Gasteiger partial charge >= 0.3 is 0 Å². The number of fused-ring (bicyclic) bond motifs is 2. The molecular formula is C24H26N4O. The van der Waals surface area contributed by atoms with E-state index in [0.29, 0.717) is 16.7 Å². The quantitative estimate of drug-likeness (QED) is 0.508. The van der Waals surface area contributed by atoms with Crippen molar-refractivity contribution in [3.63, 3.8) is 0 Å². The number of nitrogens with zero attached hydrogens (tertiary/aromatic N) is 3. The van der Waals surface area contributed by atoms with Crippen molar-refractivity contribution in [3.05, 3.63) is 53.9 Å². The number of aromatic amines is 1. The van der Waals surface area contributed by atoms with Gasteiger partial charge in [-0.1, -0.05) is 44.6 Å². The molecule has 1 saturated heterocycles. The molecule has 0 amide bonds. The summed E-state index contributed by atoms with van der Waals surface area (Å²) in [6.07, 6.45) is 8.44. The smallest absolute Gasteiger partial charge is 0.171 e. The first-order valence-corrected chi connectivity index (χ1v) is 10.3. The molecule has 5 nitrogen and oxygen atoms in total. The fourth-order valence-corrected chi connectivity index (χ4v) is 4.44. The standard InChI is InChI=1S/C24H26N4O/c1-24(2,3)22(29)19-11-25-23-21(19)27-20(12-26-23)15-6-5-9-18(10-15)28-13-16-7-4-8-17(16)14-28/h5-7,9-12,17H,4,8,13-14H2,1-3H3,(H,25,26). The molecule has 3 heterocycles. The molecule has 0 saturated carbocycles. The molecule has 0 radical (unpaired) electrons. The van der Waals surface area contributed by atoms with Gasteiger partial charge < -0.3 is 9.88 Å². The van der Waals surface area contributed by atoms with Crippen LogP contribution in [0.4, 0.5) is 5.69 Å². The number of rotatable bonds is 3. The summed E-state index contributed by atoms with van der Waals surface area (Å²) in [7, 11) is 0. The maximum absolute atomic E-state index is 12.8. The summed E-state index contributed by atoms with van der Waals surface area (Å²) in [5.41, 5.74) is 6.07. The molecule has 5 heteroatoms. The van der Waals surface area contributed by atoms with Crippen molar-refractivity contribution >= 4 is 22.6 Å². The van der Waals surface area contributed by atoms with Crippen LogP contribution in [0.2, 0.25) is 0 Å². The fraction of sp³-hybridized carbons (Fsp3) is 0.375.